The molecule has 2 nitrogen and oxygen atoms in total. The van der Waals surface area contributed by atoms with Crippen molar-refractivity contribution in [3.8, 4) is 6.07 Å². The van der Waals surface area contributed by atoms with Gasteiger partial charge in [0.2, 0.25) is 0 Å². The second-order valence-electron chi connectivity index (χ2n) is 2.80. The number of aromatic nitrogens is 1. The van der Waals surface area contributed by atoms with Crippen LogP contribution in [-0.4, -0.2) is 10.2 Å². The summed E-state index contributed by atoms with van der Waals surface area (Å²) >= 11 is 1.71. The molecule has 1 atom stereocenters. The SMILES string of the molecule is CCC(C)Sc1cccnc1C#N. The molecule has 1 aromatic heterocycles. The normalized spacial score (nSPS) is 12.1. The van der Waals surface area contributed by atoms with E-state index in [4.69, 9.17) is 5.26 Å². The van der Waals surface area contributed by atoms with Gasteiger partial charge in [0.15, 0.2) is 5.69 Å². The van der Waals surface area contributed by atoms with Crippen LogP contribution in [0, 0.1) is 11.3 Å². The van der Waals surface area contributed by atoms with Crippen LogP contribution in [0.4, 0.5) is 0 Å². The minimum Gasteiger partial charge on any atom is -0.244 e. The average Bonchev–Trinajstić information content (AvgIpc) is 2.18. The first-order chi connectivity index (χ1) is 6.27. The Morgan fingerprint density at radius 1 is 1.69 bits per heavy atom. The summed E-state index contributed by atoms with van der Waals surface area (Å²) < 4.78 is 0. The molecule has 3 heteroatoms. The van der Waals surface area contributed by atoms with E-state index in [0.717, 1.165) is 11.3 Å². The molecular weight excluding hydrogens is 180 g/mol. The van der Waals surface area contributed by atoms with Crippen molar-refractivity contribution < 1.29 is 0 Å². The van der Waals surface area contributed by atoms with Gasteiger partial charge in [0.1, 0.15) is 6.07 Å². The molecule has 1 heterocycles. The Hall–Kier alpha value is -1.01. The second-order valence-corrected chi connectivity index (χ2v) is 4.28. The molecular formula is C10H12N2S. The van der Waals surface area contributed by atoms with E-state index in [1.54, 1.807) is 18.0 Å². The average molecular weight is 192 g/mol. The molecule has 0 saturated heterocycles. The summed E-state index contributed by atoms with van der Waals surface area (Å²) in [6, 6.07) is 5.91. The summed E-state index contributed by atoms with van der Waals surface area (Å²) in [7, 11) is 0. The minimum absolute atomic E-state index is 0.535. The van der Waals surface area contributed by atoms with Crippen molar-refractivity contribution >= 4 is 11.8 Å². The van der Waals surface area contributed by atoms with Crippen LogP contribution in [0.5, 0.6) is 0 Å². The van der Waals surface area contributed by atoms with Crippen molar-refractivity contribution in [2.45, 2.75) is 30.4 Å². The Labute approximate surface area is 83.0 Å². The van der Waals surface area contributed by atoms with Gasteiger partial charge in [-0.05, 0) is 18.6 Å². The zero-order valence-corrected chi connectivity index (χ0v) is 8.64. The number of thioether (sulfide) groups is 1. The number of nitrogens with zero attached hydrogens (tertiary/aromatic N) is 2. The van der Waals surface area contributed by atoms with E-state index in [-0.39, 0.29) is 0 Å². The molecule has 1 rings (SSSR count). The van der Waals surface area contributed by atoms with Gasteiger partial charge in [-0.3, -0.25) is 0 Å². The highest BCUT2D eigenvalue weighted by Crippen LogP contribution is 2.26. The number of rotatable bonds is 3. The van der Waals surface area contributed by atoms with Crippen molar-refractivity contribution in [1.82, 2.24) is 4.98 Å². The van der Waals surface area contributed by atoms with E-state index in [9.17, 15) is 0 Å². The maximum Gasteiger partial charge on any atom is 0.153 e. The highest BCUT2D eigenvalue weighted by Gasteiger charge is 2.06. The molecule has 0 aromatic carbocycles. The van der Waals surface area contributed by atoms with Crippen molar-refractivity contribution in [3.63, 3.8) is 0 Å². The third-order valence-corrected chi connectivity index (χ3v) is 3.10. The molecule has 0 amide bonds. The van der Waals surface area contributed by atoms with Crippen LogP contribution < -0.4 is 0 Å². The molecule has 68 valence electrons. The highest BCUT2D eigenvalue weighted by molar-refractivity contribution is 8.00. The maximum absolute atomic E-state index is 8.78. The molecule has 0 bridgehead atoms. The minimum atomic E-state index is 0.535. The first kappa shape index (κ1) is 10.1. The van der Waals surface area contributed by atoms with Gasteiger partial charge >= 0.3 is 0 Å². The highest BCUT2D eigenvalue weighted by atomic mass is 32.2. The van der Waals surface area contributed by atoms with E-state index in [1.165, 1.54) is 0 Å². The molecule has 0 N–H and O–H groups in total. The third-order valence-electron chi connectivity index (χ3n) is 1.78. The van der Waals surface area contributed by atoms with Crippen molar-refractivity contribution in [2.75, 3.05) is 0 Å². The molecule has 1 aromatic rings. The smallest absolute Gasteiger partial charge is 0.153 e. The molecule has 1 unspecified atom stereocenters. The monoisotopic (exact) mass is 192 g/mol. The topological polar surface area (TPSA) is 36.7 Å². The van der Waals surface area contributed by atoms with Crippen molar-refractivity contribution in [1.29, 1.82) is 5.26 Å². The van der Waals surface area contributed by atoms with Crippen LogP contribution in [-0.2, 0) is 0 Å². The Balaban J connectivity index is 2.82. The zero-order chi connectivity index (χ0) is 9.68. The molecule has 0 aliphatic carbocycles. The predicted octanol–water partition coefficient (Wildman–Crippen LogP) is 2.84. The largest absolute Gasteiger partial charge is 0.244 e. The lowest BCUT2D eigenvalue weighted by atomic mass is 10.4. The fourth-order valence-corrected chi connectivity index (χ4v) is 1.84. The number of hydrogen-bond acceptors (Lipinski definition) is 3. The first-order valence-electron chi connectivity index (χ1n) is 4.29. The summed E-state index contributed by atoms with van der Waals surface area (Å²) in [5, 5.41) is 9.32. The summed E-state index contributed by atoms with van der Waals surface area (Å²) in [5.74, 6) is 0. The van der Waals surface area contributed by atoms with E-state index in [2.05, 4.69) is 24.9 Å². The van der Waals surface area contributed by atoms with Gasteiger partial charge in [-0.2, -0.15) is 5.26 Å². The lowest BCUT2D eigenvalue weighted by Gasteiger charge is -2.07. The van der Waals surface area contributed by atoms with E-state index in [0.29, 0.717) is 10.9 Å². The zero-order valence-electron chi connectivity index (χ0n) is 7.82. The van der Waals surface area contributed by atoms with Gasteiger partial charge in [0.25, 0.3) is 0 Å². The Kier molecular flexibility index (Phi) is 3.78. The summed E-state index contributed by atoms with van der Waals surface area (Å²) in [6.45, 7) is 4.29. The van der Waals surface area contributed by atoms with Gasteiger partial charge in [-0.1, -0.05) is 13.8 Å². The number of nitriles is 1. The van der Waals surface area contributed by atoms with Crippen LogP contribution in [0.2, 0.25) is 0 Å². The molecule has 0 spiro atoms. The Morgan fingerprint density at radius 3 is 3.08 bits per heavy atom. The standard InChI is InChI=1S/C10H12N2S/c1-3-8(2)13-10-5-4-6-12-9(10)7-11/h4-6,8H,3H2,1-2H3. The lowest BCUT2D eigenvalue weighted by Crippen LogP contribution is -1.94. The summed E-state index contributed by atoms with van der Waals surface area (Å²) in [5.41, 5.74) is 0.535. The second kappa shape index (κ2) is 4.88. The third kappa shape index (κ3) is 2.74. The molecule has 0 aliphatic heterocycles. The molecule has 0 fully saturated rings. The molecule has 0 aliphatic rings. The van der Waals surface area contributed by atoms with Crippen LogP contribution in [0.3, 0.4) is 0 Å². The van der Waals surface area contributed by atoms with Crippen molar-refractivity contribution in [2.24, 2.45) is 0 Å². The number of pyridine rings is 1. The van der Waals surface area contributed by atoms with Gasteiger partial charge < -0.3 is 0 Å². The molecule has 0 radical (unpaired) electrons. The molecule has 0 saturated carbocycles. The van der Waals surface area contributed by atoms with Gasteiger partial charge in [0.05, 0.1) is 0 Å². The number of hydrogen-bond donors (Lipinski definition) is 0. The summed E-state index contributed by atoms with van der Waals surface area (Å²) in [6.07, 6.45) is 2.75. The molecule has 13 heavy (non-hydrogen) atoms. The Bertz CT molecular complexity index is 317. The van der Waals surface area contributed by atoms with Crippen LogP contribution in [0.1, 0.15) is 26.0 Å². The van der Waals surface area contributed by atoms with Gasteiger partial charge in [-0.15, -0.1) is 11.8 Å². The van der Waals surface area contributed by atoms with E-state index in [1.807, 2.05) is 12.1 Å². The predicted molar refractivity (Wildman–Crippen MR) is 54.6 cm³/mol. The first-order valence-corrected chi connectivity index (χ1v) is 5.17. The van der Waals surface area contributed by atoms with Gasteiger partial charge in [-0.25, -0.2) is 4.98 Å². The van der Waals surface area contributed by atoms with Crippen LogP contribution in [0.25, 0.3) is 0 Å². The van der Waals surface area contributed by atoms with E-state index >= 15 is 0 Å². The van der Waals surface area contributed by atoms with Crippen LogP contribution >= 0.6 is 11.8 Å². The fourth-order valence-electron chi connectivity index (χ4n) is 0.870. The fraction of sp³-hybridized carbons (Fsp3) is 0.400. The summed E-state index contributed by atoms with van der Waals surface area (Å²) in [4.78, 5) is 4.99. The van der Waals surface area contributed by atoms with Crippen LogP contribution in [0.15, 0.2) is 23.2 Å². The maximum atomic E-state index is 8.78. The lowest BCUT2D eigenvalue weighted by molar-refractivity contribution is 0.904. The quantitative estimate of drug-likeness (QED) is 0.691. The Morgan fingerprint density at radius 2 is 2.46 bits per heavy atom. The van der Waals surface area contributed by atoms with Crippen molar-refractivity contribution in [3.05, 3.63) is 24.0 Å². The van der Waals surface area contributed by atoms with Gasteiger partial charge in [0, 0.05) is 16.3 Å². The van der Waals surface area contributed by atoms with E-state index < -0.39 is 0 Å².